The Morgan fingerprint density at radius 1 is 0.800 bits per heavy atom. The summed E-state index contributed by atoms with van der Waals surface area (Å²) in [4.78, 5) is 22.0. The van der Waals surface area contributed by atoms with Crippen molar-refractivity contribution in [3.05, 3.63) is 90.5 Å². The molecule has 0 aliphatic carbocycles. The van der Waals surface area contributed by atoms with Gasteiger partial charge in [0.2, 0.25) is 11.1 Å². The van der Waals surface area contributed by atoms with Crippen LogP contribution in [-0.4, -0.2) is 57.9 Å². The maximum absolute atomic E-state index is 12.9. The van der Waals surface area contributed by atoms with Crippen LogP contribution >= 0.6 is 11.8 Å². The second-order valence-corrected chi connectivity index (χ2v) is 9.46. The first-order chi connectivity index (χ1) is 17.2. The number of piperazine rings is 1. The SMILES string of the molecule is Cc1cccc(N2CCN(C(=O)CSc3nnc(-c4ccccc4)c(-c4ccccc4)n3)CC2)c1. The Labute approximate surface area is 210 Å². The minimum atomic E-state index is 0.107. The summed E-state index contributed by atoms with van der Waals surface area (Å²) in [5, 5.41) is 9.35. The summed E-state index contributed by atoms with van der Waals surface area (Å²) < 4.78 is 0. The van der Waals surface area contributed by atoms with E-state index in [1.807, 2.05) is 65.6 Å². The van der Waals surface area contributed by atoms with E-state index in [4.69, 9.17) is 4.98 Å². The number of thioether (sulfide) groups is 1. The Balaban J connectivity index is 1.25. The van der Waals surface area contributed by atoms with E-state index in [1.165, 1.54) is 23.0 Å². The quantitative estimate of drug-likeness (QED) is 0.363. The number of hydrogen-bond donors (Lipinski definition) is 0. The molecular formula is C28H27N5OS. The number of anilines is 1. The number of aromatic nitrogens is 3. The van der Waals surface area contributed by atoms with E-state index < -0.39 is 0 Å². The number of carbonyl (C=O) groups excluding carboxylic acids is 1. The summed E-state index contributed by atoms with van der Waals surface area (Å²) >= 11 is 1.34. The van der Waals surface area contributed by atoms with Gasteiger partial charge in [-0.15, -0.1) is 10.2 Å². The summed E-state index contributed by atoms with van der Waals surface area (Å²) in [6.45, 7) is 5.21. The molecule has 7 heteroatoms. The lowest BCUT2D eigenvalue weighted by molar-refractivity contribution is -0.128. The molecule has 1 aliphatic rings. The topological polar surface area (TPSA) is 62.2 Å². The molecule has 6 nitrogen and oxygen atoms in total. The summed E-state index contributed by atoms with van der Waals surface area (Å²) in [6.07, 6.45) is 0. The van der Waals surface area contributed by atoms with Crippen LogP contribution < -0.4 is 4.90 Å². The van der Waals surface area contributed by atoms with Crippen molar-refractivity contribution in [2.24, 2.45) is 0 Å². The summed E-state index contributed by atoms with van der Waals surface area (Å²) in [6, 6.07) is 28.4. The van der Waals surface area contributed by atoms with Gasteiger partial charge >= 0.3 is 0 Å². The van der Waals surface area contributed by atoms with Crippen molar-refractivity contribution in [1.29, 1.82) is 0 Å². The number of aryl methyl sites for hydroxylation is 1. The van der Waals surface area contributed by atoms with Crippen LogP contribution in [0.1, 0.15) is 5.56 Å². The third-order valence-electron chi connectivity index (χ3n) is 6.09. The highest BCUT2D eigenvalue weighted by Crippen LogP contribution is 2.29. The molecule has 0 spiro atoms. The molecule has 35 heavy (non-hydrogen) atoms. The Kier molecular flexibility index (Phi) is 7.04. The minimum absolute atomic E-state index is 0.107. The minimum Gasteiger partial charge on any atom is -0.368 e. The molecule has 1 aromatic heterocycles. The van der Waals surface area contributed by atoms with E-state index in [1.54, 1.807) is 0 Å². The molecule has 0 bridgehead atoms. The molecule has 1 fully saturated rings. The molecule has 0 saturated carbocycles. The number of benzene rings is 3. The van der Waals surface area contributed by atoms with E-state index in [-0.39, 0.29) is 5.91 Å². The fourth-order valence-electron chi connectivity index (χ4n) is 4.22. The molecule has 2 heterocycles. The van der Waals surface area contributed by atoms with Crippen molar-refractivity contribution in [2.45, 2.75) is 12.1 Å². The van der Waals surface area contributed by atoms with Gasteiger partial charge in [-0.25, -0.2) is 4.98 Å². The largest absolute Gasteiger partial charge is 0.368 e. The lowest BCUT2D eigenvalue weighted by atomic mass is 10.0. The van der Waals surface area contributed by atoms with Crippen LogP contribution in [0, 0.1) is 6.92 Å². The average Bonchev–Trinajstić information content (AvgIpc) is 2.92. The second-order valence-electron chi connectivity index (χ2n) is 8.52. The van der Waals surface area contributed by atoms with Gasteiger partial charge < -0.3 is 9.80 Å². The molecule has 1 aliphatic heterocycles. The summed E-state index contributed by atoms with van der Waals surface area (Å²) in [7, 11) is 0. The first-order valence-electron chi connectivity index (χ1n) is 11.7. The van der Waals surface area contributed by atoms with Gasteiger partial charge in [0.1, 0.15) is 11.4 Å². The van der Waals surface area contributed by atoms with E-state index in [9.17, 15) is 4.79 Å². The van der Waals surface area contributed by atoms with Crippen LogP contribution in [0.5, 0.6) is 0 Å². The number of amides is 1. The van der Waals surface area contributed by atoms with Gasteiger partial charge in [-0.2, -0.15) is 0 Å². The normalized spacial score (nSPS) is 13.6. The van der Waals surface area contributed by atoms with Crippen molar-refractivity contribution in [3.63, 3.8) is 0 Å². The second kappa shape index (κ2) is 10.7. The van der Waals surface area contributed by atoms with Gasteiger partial charge in [0.05, 0.1) is 5.75 Å². The zero-order valence-corrected chi connectivity index (χ0v) is 20.5. The Morgan fingerprint density at radius 2 is 1.46 bits per heavy atom. The molecule has 0 radical (unpaired) electrons. The molecule has 5 rings (SSSR count). The standard InChI is InChI=1S/C28H27N5OS/c1-21-9-8-14-24(19-21)32-15-17-33(18-16-32)25(34)20-35-28-29-26(22-10-4-2-5-11-22)27(30-31-28)23-12-6-3-7-13-23/h2-14,19H,15-18,20H2,1H3. The molecule has 4 aromatic rings. The van der Waals surface area contributed by atoms with Gasteiger partial charge in [-0.05, 0) is 24.6 Å². The summed E-state index contributed by atoms with van der Waals surface area (Å²) in [5.41, 5.74) is 5.91. The van der Waals surface area contributed by atoms with Crippen LogP contribution in [0.15, 0.2) is 90.1 Å². The van der Waals surface area contributed by atoms with Crippen molar-refractivity contribution in [2.75, 3.05) is 36.8 Å². The summed E-state index contributed by atoms with van der Waals surface area (Å²) in [5.74, 6) is 0.404. The predicted octanol–water partition coefficient (Wildman–Crippen LogP) is 4.95. The lowest BCUT2D eigenvalue weighted by Gasteiger charge is -2.36. The fourth-order valence-corrected chi connectivity index (χ4v) is 4.91. The highest BCUT2D eigenvalue weighted by atomic mass is 32.2. The molecule has 0 atom stereocenters. The highest BCUT2D eigenvalue weighted by molar-refractivity contribution is 7.99. The van der Waals surface area contributed by atoms with Gasteiger partial charge in [0.25, 0.3) is 0 Å². The molecule has 1 amide bonds. The van der Waals surface area contributed by atoms with Crippen LogP contribution in [0.2, 0.25) is 0 Å². The van der Waals surface area contributed by atoms with E-state index >= 15 is 0 Å². The maximum atomic E-state index is 12.9. The Bertz CT molecular complexity index is 1290. The average molecular weight is 482 g/mol. The van der Waals surface area contributed by atoms with Crippen LogP contribution in [0.4, 0.5) is 5.69 Å². The first-order valence-corrected chi connectivity index (χ1v) is 12.7. The van der Waals surface area contributed by atoms with Crippen LogP contribution in [0.3, 0.4) is 0 Å². The highest BCUT2D eigenvalue weighted by Gasteiger charge is 2.22. The number of hydrogen-bond acceptors (Lipinski definition) is 6. The molecule has 1 saturated heterocycles. The van der Waals surface area contributed by atoms with Gasteiger partial charge in [-0.1, -0.05) is 84.6 Å². The Morgan fingerprint density at radius 3 is 2.11 bits per heavy atom. The maximum Gasteiger partial charge on any atom is 0.233 e. The third kappa shape index (κ3) is 5.52. The van der Waals surface area contributed by atoms with E-state index in [0.29, 0.717) is 24.0 Å². The fraction of sp³-hybridized carbons (Fsp3) is 0.214. The van der Waals surface area contributed by atoms with Crippen LogP contribution in [0.25, 0.3) is 22.5 Å². The molecule has 3 aromatic carbocycles. The molecule has 0 unspecified atom stereocenters. The van der Waals surface area contributed by atoms with E-state index in [2.05, 4.69) is 46.3 Å². The zero-order chi connectivity index (χ0) is 24.0. The van der Waals surface area contributed by atoms with Crippen molar-refractivity contribution in [3.8, 4) is 22.5 Å². The van der Waals surface area contributed by atoms with Gasteiger partial charge in [-0.3, -0.25) is 4.79 Å². The van der Waals surface area contributed by atoms with E-state index in [0.717, 1.165) is 35.6 Å². The van der Waals surface area contributed by atoms with Gasteiger partial charge in [0, 0.05) is 43.0 Å². The van der Waals surface area contributed by atoms with Crippen molar-refractivity contribution in [1.82, 2.24) is 20.1 Å². The molecule has 176 valence electrons. The molecule has 0 N–H and O–H groups in total. The monoisotopic (exact) mass is 481 g/mol. The smallest absolute Gasteiger partial charge is 0.233 e. The van der Waals surface area contributed by atoms with Crippen molar-refractivity contribution >= 4 is 23.4 Å². The number of rotatable bonds is 6. The lowest BCUT2D eigenvalue weighted by Crippen LogP contribution is -2.49. The predicted molar refractivity (Wildman–Crippen MR) is 141 cm³/mol. The number of nitrogens with zero attached hydrogens (tertiary/aromatic N) is 5. The van der Waals surface area contributed by atoms with Gasteiger partial charge in [0.15, 0.2) is 0 Å². The zero-order valence-electron chi connectivity index (χ0n) is 19.7. The molecular weight excluding hydrogens is 454 g/mol. The Hall–Kier alpha value is -3.71. The van der Waals surface area contributed by atoms with Crippen LogP contribution in [-0.2, 0) is 4.79 Å². The first kappa shape index (κ1) is 23.1. The number of carbonyl (C=O) groups is 1. The third-order valence-corrected chi connectivity index (χ3v) is 6.91. The van der Waals surface area contributed by atoms with Crippen molar-refractivity contribution < 1.29 is 4.79 Å².